The molecular formula is C21H22FN3O2S. The third-order valence-corrected chi connectivity index (χ3v) is 5.23. The van der Waals surface area contributed by atoms with Crippen molar-refractivity contribution in [2.75, 3.05) is 5.32 Å². The van der Waals surface area contributed by atoms with Crippen molar-refractivity contribution in [1.82, 2.24) is 9.55 Å². The van der Waals surface area contributed by atoms with E-state index in [0.29, 0.717) is 28.3 Å². The van der Waals surface area contributed by atoms with E-state index >= 15 is 0 Å². The van der Waals surface area contributed by atoms with Gasteiger partial charge in [0.05, 0.1) is 16.2 Å². The predicted octanol–water partition coefficient (Wildman–Crippen LogP) is 4.31. The predicted molar refractivity (Wildman–Crippen MR) is 111 cm³/mol. The van der Waals surface area contributed by atoms with E-state index in [2.05, 4.69) is 10.3 Å². The number of anilines is 1. The number of thioether (sulfide) groups is 1. The average Bonchev–Trinajstić information content (AvgIpc) is 2.66. The number of para-hydroxylation sites is 1. The van der Waals surface area contributed by atoms with Crippen LogP contribution in [-0.2, 0) is 11.3 Å². The van der Waals surface area contributed by atoms with Crippen LogP contribution >= 0.6 is 11.8 Å². The first-order valence-corrected chi connectivity index (χ1v) is 9.96. The molecule has 5 nitrogen and oxygen atoms in total. The highest BCUT2D eigenvalue weighted by Gasteiger charge is 2.20. The Labute approximate surface area is 167 Å². The van der Waals surface area contributed by atoms with Gasteiger partial charge in [0.15, 0.2) is 5.16 Å². The second kappa shape index (κ2) is 8.56. The van der Waals surface area contributed by atoms with Crippen molar-refractivity contribution in [2.24, 2.45) is 5.92 Å². The van der Waals surface area contributed by atoms with E-state index in [1.54, 1.807) is 23.6 Å². The molecule has 1 aromatic heterocycles. The Morgan fingerprint density at radius 3 is 2.50 bits per heavy atom. The van der Waals surface area contributed by atoms with Gasteiger partial charge in [-0.15, -0.1) is 0 Å². The number of aromatic nitrogens is 2. The smallest absolute Gasteiger partial charge is 0.262 e. The van der Waals surface area contributed by atoms with Crippen molar-refractivity contribution >= 4 is 34.3 Å². The summed E-state index contributed by atoms with van der Waals surface area (Å²) < 4.78 is 14.7. The van der Waals surface area contributed by atoms with E-state index < -0.39 is 5.25 Å². The number of halogens is 1. The quantitative estimate of drug-likeness (QED) is 0.496. The summed E-state index contributed by atoms with van der Waals surface area (Å²) in [4.78, 5) is 30.1. The minimum absolute atomic E-state index is 0.104. The summed E-state index contributed by atoms with van der Waals surface area (Å²) in [6.45, 7) is 6.33. The Bertz CT molecular complexity index is 1050. The maximum Gasteiger partial charge on any atom is 0.262 e. The van der Waals surface area contributed by atoms with Crippen LogP contribution in [0.5, 0.6) is 0 Å². The van der Waals surface area contributed by atoms with Gasteiger partial charge in [0.1, 0.15) is 5.82 Å². The number of nitrogens with zero attached hydrogens (tertiary/aromatic N) is 2. The van der Waals surface area contributed by atoms with Gasteiger partial charge in [-0.25, -0.2) is 9.37 Å². The van der Waals surface area contributed by atoms with E-state index in [9.17, 15) is 14.0 Å². The molecule has 0 spiro atoms. The van der Waals surface area contributed by atoms with Gasteiger partial charge in [-0.05, 0) is 49.2 Å². The molecule has 1 heterocycles. The van der Waals surface area contributed by atoms with E-state index in [0.717, 1.165) is 0 Å². The molecule has 1 amide bonds. The SMILES string of the molecule is CC(C)Cn1c(SC(C)C(=O)Nc2ccc(F)cc2)nc2ccccc2c1=O. The summed E-state index contributed by atoms with van der Waals surface area (Å²) in [7, 11) is 0. The van der Waals surface area contributed by atoms with Gasteiger partial charge in [-0.1, -0.05) is 37.7 Å². The zero-order chi connectivity index (χ0) is 20.3. The number of amides is 1. The molecular weight excluding hydrogens is 377 g/mol. The summed E-state index contributed by atoms with van der Waals surface area (Å²) in [5.41, 5.74) is 1.03. The average molecular weight is 399 g/mol. The fourth-order valence-electron chi connectivity index (χ4n) is 2.75. The van der Waals surface area contributed by atoms with Gasteiger partial charge in [0.25, 0.3) is 5.56 Å². The summed E-state index contributed by atoms with van der Waals surface area (Å²) in [6, 6.07) is 12.8. The molecule has 0 aliphatic rings. The van der Waals surface area contributed by atoms with Crippen LogP contribution in [0.1, 0.15) is 20.8 Å². The lowest BCUT2D eigenvalue weighted by atomic mass is 10.2. The van der Waals surface area contributed by atoms with Crippen molar-refractivity contribution in [3.8, 4) is 0 Å². The van der Waals surface area contributed by atoms with Gasteiger partial charge in [0, 0.05) is 12.2 Å². The number of hydrogen-bond donors (Lipinski definition) is 1. The molecule has 0 fully saturated rings. The lowest BCUT2D eigenvalue weighted by molar-refractivity contribution is -0.115. The number of hydrogen-bond acceptors (Lipinski definition) is 4. The van der Waals surface area contributed by atoms with Crippen LogP contribution in [0, 0.1) is 11.7 Å². The summed E-state index contributed by atoms with van der Waals surface area (Å²) in [5, 5.41) is 3.35. The molecule has 7 heteroatoms. The van der Waals surface area contributed by atoms with Crippen molar-refractivity contribution in [3.05, 3.63) is 64.7 Å². The third kappa shape index (κ3) is 4.59. The van der Waals surface area contributed by atoms with Gasteiger partial charge >= 0.3 is 0 Å². The molecule has 1 N–H and O–H groups in total. The molecule has 0 aliphatic carbocycles. The molecule has 3 rings (SSSR count). The zero-order valence-electron chi connectivity index (χ0n) is 16.0. The molecule has 0 aliphatic heterocycles. The van der Waals surface area contributed by atoms with Crippen molar-refractivity contribution in [2.45, 2.75) is 37.7 Å². The standard InChI is InChI=1S/C21H22FN3O2S/c1-13(2)12-25-20(27)17-6-4-5-7-18(17)24-21(25)28-14(3)19(26)23-16-10-8-15(22)9-11-16/h4-11,13-14H,12H2,1-3H3,(H,23,26). The summed E-state index contributed by atoms with van der Waals surface area (Å²) >= 11 is 1.24. The van der Waals surface area contributed by atoms with Crippen LogP contribution in [-0.4, -0.2) is 20.7 Å². The number of nitrogens with one attached hydrogen (secondary N) is 1. The van der Waals surface area contributed by atoms with Crippen molar-refractivity contribution in [1.29, 1.82) is 0 Å². The number of carbonyl (C=O) groups excluding carboxylic acids is 1. The van der Waals surface area contributed by atoms with Crippen molar-refractivity contribution in [3.63, 3.8) is 0 Å². The van der Waals surface area contributed by atoms with Crippen LogP contribution in [0.25, 0.3) is 10.9 Å². The Morgan fingerprint density at radius 2 is 1.82 bits per heavy atom. The number of carbonyl (C=O) groups is 1. The molecule has 3 aromatic rings. The molecule has 0 saturated heterocycles. The number of benzene rings is 2. The van der Waals surface area contributed by atoms with Crippen LogP contribution in [0.15, 0.2) is 58.5 Å². The topological polar surface area (TPSA) is 64.0 Å². The Hall–Kier alpha value is -2.67. The molecule has 0 bridgehead atoms. The first kappa shape index (κ1) is 20.1. The Morgan fingerprint density at radius 1 is 1.14 bits per heavy atom. The molecule has 2 aromatic carbocycles. The highest BCUT2D eigenvalue weighted by Crippen LogP contribution is 2.24. The van der Waals surface area contributed by atoms with Gasteiger partial charge in [-0.2, -0.15) is 0 Å². The van der Waals surface area contributed by atoms with Gasteiger partial charge in [-0.3, -0.25) is 14.2 Å². The van der Waals surface area contributed by atoms with E-state index in [4.69, 9.17) is 0 Å². The van der Waals surface area contributed by atoms with Gasteiger partial charge in [0.2, 0.25) is 5.91 Å². The highest BCUT2D eigenvalue weighted by molar-refractivity contribution is 8.00. The number of fused-ring (bicyclic) bond motifs is 1. The van der Waals surface area contributed by atoms with E-state index in [1.807, 2.05) is 26.0 Å². The Kier molecular flexibility index (Phi) is 6.14. The fourth-order valence-corrected chi connectivity index (χ4v) is 3.67. The molecule has 28 heavy (non-hydrogen) atoms. The Balaban J connectivity index is 1.88. The zero-order valence-corrected chi connectivity index (χ0v) is 16.8. The normalized spacial score (nSPS) is 12.3. The molecule has 0 radical (unpaired) electrons. The largest absolute Gasteiger partial charge is 0.325 e. The van der Waals surface area contributed by atoms with E-state index in [1.165, 1.54) is 36.0 Å². The van der Waals surface area contributed by atoms with Crippen LogP contribution in [0.3, 0.4) is 0 Å². The minimum atomic E-state index is -0.489. The first-order chi connectivity index (χ1) is 13.3. The second-order valence-corrected chi connectivity index (χ2v) is 8.29. The third-order valence-electron chi connectivity index (χ3n) is 4.14. The maximum absolute atomic E-state index is 13.0. The fraction of sp³-hybridized carbons (Fsp3) is 0.286. The maximum atomic E-state index is 13.0. The highest BCUT2D eigenvalue weighted by atomic mass is 32.2. The number of rotatable bonds is 6. The molecule has 146 valence electrons. The molecule has 1 atom stereocenters. The summed E-state index contributed by atoms with van der Waals surface area (Å²) in [6.07, 6.45) is 0. The van der Waals surface area contributed by atoms with Crippen LogP contribution in [0.2, 0.25) is 0 Å². The van der Waals surface area contributed by atoms with E-state index in [-0.39, 0.29) is 23.2 Å². The molecule has 0 saturated carbocycles. The minimum Gasteiger partial charge on any atom is -0.325 e. The monoisotopic (exact) mass is 399 g/mol. The summed E-state index contributed by atoms with van der Waals surface area (Å²) in [5.74, 6) is -0.350. The van der Waals surface area contributed by atoms with Crippen LogP contribution in [0.4, 0.5) is 10.1 Å². The van der Waals surface area contributed by atoms with Gasteiger partial charge < -0.3 is 5.32 Å². The van der Waals surface area contributed by atoms with Crippen molar-refractivity contribution < 1.29 is 9.18 Å². The molecule has 1 unspecified atom stereocenters. The first-order valence-electron chi connectivity index (χ1n) is 9.08. The second-order valence-electron chi connectivity index (χ2n) is 6.98. The lowest BCUT2D eigenvalue weighted by Crippen LogP contribution is -2.28. The van der Waals surface area contributed by atoms with Crippen LogP contribution < -0.4 is 10.9 Å². The lowest BCUT2D eigenvalue weighted by Gasteiger charge is -2.17.